The van der Waals surface area contributed by atoms with Gasteiger partial charge in [-0.3, -0.25) is 0 Å². The summed E-state index contributed by atoms with van der Waals surface area (Å²) in [6.45, 7) is 0. The summed E-state index contributed by atoms with van der Waals surface area (Å²) in [6.07, 6.45) is 0. The first kappa shape index (κ1) is 10.2. The zero-order chi connectivity index (χ0) is 10.1. The Balaban J connectivity index is 2.53. The highest BCUT2D eigenvalue weighted by Gasteiger charge is 2.09. The molecular formula is C8H3Cl3N2S. The summed E-state index contributed by atoms with van der Waals surface area (Å²) in [5, 5.41) is 1.37. The Hall–Kier alpha value is -0.350. The third kappa shape index (κ3) is 1.86. The van der Waals surface area contributed by atoms with Crippen LogP contribution in [-0.2, 0) is 0 Å². The fraction of sp³-hybridized carbons (Fsp3) is 0. The Morgan fingerprint density at radius 1 is 1.00 bits per heavy atom. The fourth-order valence-corrected chi connectivity index (χ4v) is 2.06. The third-order valence-corrected chi connectivity index (χ3v) is 3.27. The van der Waals surface area contributed by atoms with Gasteiger partial charge in [0.25, 0.3) is 0 Å². The second kappa shape index (κ2) is 4.03. The van der Waals surface area contributed by atoms with E-state index in [0.717, 1.165) is 17.3 Å². The third-order valence-electron chi connectivity index (χ3n) is 1.64. The fourth-order valence-electron chi connectivity index (χ4n) is 0.993. The average Bonchev–Trinajstić information content (AvgIpc) is 2.57. The number of rotatable bonds is 1. The molecule has 0 fully saturated rings. The smallest absolute Gasteiger partial charge is 0.170 e. The lowest BCUT2D eigenvalue weighted by molar-refractivity contribution is 1.49. The van der Waals surface area contributed by atoms with E-state index >= 15 is 0 Å². The quantitative estimate of drug-likeness (QED) is 0.773. The van der Waals surface area contributed by atoms with Crippen LogP contribution in [-0.4, -0.2) is 8.75 Å². The van der Waals surface area contributed by atoms with Crippen LogP contribution in [0.5, 0.6) is 0 Å². The molecule has 0 saturated heterocycles. The van der Waals surface area contributed by atoms with E-state index in [1.165, 1.54) is 0 Å². The predicted molar refractivity (Wildman–Crippen MR) is 60.4 cm³/mol. The summed E-state index contributed by atoms with van der Waals surface area (Å²) in [4.78, 5) is 0. The zero-order valence-corrected chi connectivity index (χ0v) is 9.75. The molecule has 0 spiro atoms. The highest BCUT2D eigenvalue weighted by atomic mass is 35.5. The van der Waals surface area contributed by atoms with Crippen LogP contribution in [0, 0.1) is 0 Å². The molecule has 14 heavy (non-hydrogen) atoms. The van der Waals surface area contributed by atoms with E-state index in [-0.39, 0.29) is 0 Å². The van der Waals surface area contributed by atoms with Crippen molar-refractivity contribution >= 4 is 46.5 Å². The molecule has 0 saturated carbocycles. The lowest BCUT2D eigenvalue weighted by Crippen LogP contribution is -1.78. The van der Waals surface area contributed by atoms with Crippen LogP contribution < -0.4 is 0 Å². The van der Waals surface area contributed by atoms with E-state index in [9.17, 15) is 0 Å². The molecule has 0 aliphatic rings. The molecule has 0 amide bonds. The minimum absolute atomic E-state index is 0.383. The molecule has 0 aliphatic heterocycles. The largest absolute Gasteiger partial charge is 0.171 e. The maximum atomic E-state index is 5.86. The molecule has 0 bridgehead atoms. The number of hydrogen-bond acceptors (Lipinski definition) is 3. The summed E-state index contributed by atoms with van der Waals surface area (Å²) in [7, 11) is 0. The van der Waals surface area contributed by atoms with Crippen molar-refractivity contribution in [3.8, 4) is 11.3 Å². The van der Waals surface area contributed by atoms with Crippen LogP contribution in [0.4, 0.5) is 0 Å². The maximum absolute atomic E-state index is 5.86. The van der Waals surface area contributed by atoms with E-state index in [2.05, 4.69) is 8.75 Å². The molecule has 1 heterocycles. The minimum Gasteiger partial charge on any atom is -0.171 e. The topological polar surface area (TPSA) is 25.8 Å². The predicted octanol–water partition coefficient (Wildman–Crippen LogP) is 4.17. The monoisotopic (exact) mass is 264 g/mol. The van der Waals surface area contributed by atoms with Gasteiger partial charge in [0.2, 0.25) is 0 Å². The van der Waals surface area contributed by atoms with Crippen molar-refractivity contribution in [2.24, 2.45) is 0 Å². The van der Waals surface area contributed by atoms with Crippen LogP contribution in [0.1, 0.15) is 0 Å². The first-order valence-electron chi connectivity index (χ1n) is 3.62. The molecule has 72 valence electrons. The molecule has 0 radical (unpaired) electrons. The molecule has 0 unspecified atom stereocenters. The molecule has 0 atom stereocenters. The number of hydrogen-bond donors (Lipinski definition) is 0. The van der Waals surface area contributed by atoms with Gasteiger partial charge in [0.1, 0.15) is 5.69 Å². The first-order chi connectivity index (χ1) is 6.68. The molecule has 0 N–H and O–H groups in total. The van der Waals surface area contributed by atoms with Crippen molar-refractivity contribution in [2.75, 3.05) is 0 Å². The first-order valence-corrected chi connectivity index (χ1v) is 5.48. The Bertz CT molecular complexity index is 469. The zero-order valence-electron chi connectivity index (χ0n) is 6.67. The molecule has 2 nitrogen and oxygen atoms in total. The van der Waals surface area contributed by atoms with Gasteiger partial charge in [0.05, 0.1) is 21.8 Å². The lowest BCUT2D eigenvalue weighted by atomic mass is 10.2. The van der Waals surface area contributed by atoms with Crippen molar-refractivity contribution in [1.82, 2.24) is 8.75 Å². The molecular weight excluding hydrogens is 263 g/mol. The summed E-state index contributed by atoms with van der Waals surface area (Å²) in [6, 6.07) is 5.22. The molecule has 2 rings (SSSR count). The summed E-state index contributed by atoms with van der Waals surface area (Å²) in [5.41, 5.74) is 1.45. The molecule has 1 aromatic heterocycles. The SMILES string of the molecule is Clc1ccc(-c2nsnc2Cl)cc1Cl. The minimum atomic E-state index is 0.383. The van der Waals surface area contributed by atoms with Crippen molar-refractivity contribution < 1.29 is 0 Å². The van der Waals surface area contributed by atoms with Crippen LogP contribution in [0.15, 0.2) is 18.2 Å². The summed E-state index contributed by atoms with van der Waals surface area (Å²) < 4.78 is 7.92. The van der Waals surface area contributed by atoms with E-state index in [1.807, 2.05) is 0 Å². The van der Waals surface area contributed by atoms with E-state index in [4.69, 9.17) is 34.8 Å². The van der Waals surface area contributed by atoms with Crippen molar-refractivity contribution in [3.05, 3.63) is 33.4 Å². The normalized spacial score (nSPS) is 10.5. The van der Waals surface area contributed by atoms with Gasteiger partial charge in [-0.2, -0.15) is 8.75 Å². The van der Waals surface area contributed by atoms with Gasteiger partial charge in [-0.1, -0.05) is 40.9 Å². The Kier molecular flexibility index (Phi) is 2.93. The Labute approximate surface area is 99.8 Å². The van der Waals surface area contributed by atoms with Crippen LogP contribution in [0.2, 0.25) is 15.2 Å². The number of benzene rings is 1. The number of aromatic nitrogens is 2. The number of halogens is 3. The number of nitrogens with zero attached hydrogens (tertiary/aromatic N) is 2. The van der Waals surface area contributed by atoms with Crippen molar-refractivity contribution in [2.45, 2.75) is 0 Å². The van der Waals surface area contributed by atoms with Gasteiger partial charge in [0.15, 0.2) is 5.15 Å². The summed E-state index contributed by atoms with van der Waals surface area (Å²) >= 11 is 18.5. The maximum Gasteiger partial charge on any atom is 0.170 e. The van der Waals surface area contributed by atoms with Gasteiger partial charge < -0.3 is 0 Å². The van der Waals surface area contributed by atoms with Gasteiger partial charge >= 0.3 is 0 Å². The molecule has 2 aromatic rings. The van der Waals surface area contributed by atoms with Gasteiger partial charge in [-0.25, -0.2) is 0 Å². The van der Waals surface area contributed by atoms with E-state index in [0.29, 0.717) is 20.9 Å². The Morgan fingerprint density at radius 3 is 2.36 bits per heavy atom. The van der Waals surface area contributed by atoms with Crippen LogP contribution in [0.25, 0.3) is 11.3 Å². The van der Waals surface area contributed by atoms with Crippen molar-refractivity contribution in [3.63, 3.8) is 0 Å². The molecule has 6 heteroatoms. The van der Waals surface area contributed by atoms with Gasteiger partial charge in [0, 0.05) is 5.56 Å². The van der Waals surface area contributed by atoms with Crippen molar-refractivity contribution in [1.29, 1.82) is 0 Å². The second-order valence-corrected chi connectivity index (χ2v) is 4.23. The summed E-state index contributed by atoms with van der Waals surface area (Å²) in [5.74, 6) is 0. The van der Waals surface area contributed by atoms with Crippen LogP contribution >= 0.6 is 46.5 Å². The van der Waals surface area contributed by atoms with Gasteiger partial charge in [-0.15, -0.1) is 0 Å². The standard InChI is InChI=1S/C8H3Cl3N2S/c9-5-2-1-4(3-6(5)10)7-8(11)13-14-12-7/h1-3H. The Morgan fingerprint density at radius 2 is 1.79 bits per heavy atom. The average molecular weight is 266 g/mol. The van der Waals surface area contributed by atoms with E-state index in [1.54, 1.807) is 18.2 Å². The van der Waals surface area contributed by atoms with E-state index < -0.39 is 0 Å². The van der Waals surface area contributed by atoms with Gasteiger partial charge in [-0.05, 0) is 12.1 Å². The second-order valence-electron chi connectivity index (χ2n) is 2.53. The molecule has 0 aliphatic carbocycles. The highest BCUT2D eigenvalue weighted by molar-refractivity contribution is 6.99. The van der Waals surface area contributed by atoms with Crippen LogP contribution in [0.3, 0.4) is 0 Å². The molecule has 1 aromatic carbocycles. The lowest BCUT2D eigenvalue weighted by Gasteiger charge is -1.99. The highest BCUT2D eigenvalue weighted by Crippen LogP contribution is 2.30.